The number of carbonyl (C=O) groups excluding carboxylic acids is 1. The largest absolute Gasteiger partial charge is 0.351 e. The molecular weight excluding hydrogens is 292 g/mol. The van der Waals surface area contributed by atoms with Crippen molar-refractivity contribution >= 4 is 18.3 Å². The third kappa shape index (κ3) is 5.13. The van der Waals surface area contributed by atoms with Gasteiger partial charge < -0.3 is 16.0 Å². The average molecular weight is 317 g/mol. The van der Waals surface area contributed by atoms with Crippen LogP contribution in [-0.4, -0.2) is 29.0 Å². The summed E-state index contributed by atoms with van der Waals surface area (Å²) in [4.78, 5) is 31.2. The minimum Gasteiger partial charge on any atom is -0.351 e. The third-order valence-corrected chi connectivity index (χ3v) is 3.05. The number of aromatic nitrogens is 2. The van der Waals surface area contributed by atoms with Gasteiger partial charge >= 0.3 is 0 Å². The van der Waals surface area contributed by atoms with Crippen LogP contribution in [-0.2, 0) is 5.41 Å². The number of H-pyrrole nitrogens is 1. The maximum atomic E-state index is 12.1. The summed E-state index contributed by atoms with van der Waals surface area (Å²) in [6, 6.07) is 0. The fourth-order valence-corrected chi connectivity index (χ4v) is 1.65. The maximum absolute atomic E-state index is 12.1. The van der Waals surface area contributed by atoms with Crippen molar-refractivity contribution in [2.45, 2.75) is 40.0 Å². The first-order chi connectivity index (χ1) is 9.16. The second-order valence-electron chi connectivity index (χ2n) is 6.18. The van der Waals surface area contributed by atoms with Gasteiger partial charge in [0, 0.05) is 12.0 Å². The van der Waals surface area contributed by atoms with Crippen LogP contribution in [0.5, 0.6) is 0 Å². The molecule has 1 aromatic heterocycles. The van der Waals surface area contributed by atoms with E-state index in [4.69, 9.17) is 5.73 Å². The number of hydrogen-bond acceptors (Lipinski definition) is 4. The second kappa shape index (κ2) is 7.56. The molecule has 4 N–H and O–H groups in total. The van der Waals surface area contributed by atoms with Crippen molar-refractivity contribution in [1.82, 2.24) is 15.3 Å². The van der Waals surface area contributed by atoms with E-state index in [1.807, 2.05) is 27.7 Å². The molecule has 0 radical (unpaired) electrons. The van der Waals surface area contributed by atoms with E-state index in [9.17, 15) is 9.59 Å². The van der Waals surface area contributed by atoms with E-state index in [0.29, 0.717) is 24.6 Å². The molecule has 7 heteroatoms. The van der Waals surface area contributed by atoms with Crippen LogP contribution >= 0.6 is 12.4 Å². The molecule has 0 fully saturated rings. The Morgan fingerprint density at radius 2 is 2.00 bits per heavy atom. The highest BCUT2D eigenvalue weighted by Gasteiger charge is 2.22. The molecule has 1 amide bonds. The van der Waals surface area contributed by atoms with Gasteiger partial charge in [-0.1, -0.05) is 27.7 Å². The number of rotatable bonds is 4. The predicted molar refractivity (Wildman–Crippen MR) is 86.1 cm³/mol. The van der Waals surface area contributed by atoms with Crippen LogP contribution in [0.1, 0.15) is 49.6 Å². The first-order valence-electron chi connectivity index (χ1n) is 6.76. The molecule has 0 bridgehead atoms. The Bertz CT molecular complexity index is 549. The Labute approximate surface area is 131 Å². The molecule has 0 saturated carbocycles. The van der Waals surface area contributed by atoms with Gasteiger partial charge in [0.15, 0.2) is 0 Å². The molecule has 1 unspecified atom stereocenters. The molecule has 0 aliphatic carbocycles. The van der Waals surface area contributed by atoms with Gasteiger partial charge in [0.25, 0.3) is 11.5 Å². The number of aromatic amines is 1. The summed E-state index contributed by atoms with van der Waals surface area (Å²) >= 11 is 0. The van der Waals surface area contributed by atoms with E-state index in [1.54, 1.807) is 6.92 Å². The highest BCUT2D eigenvalue weighted by Crippen LogP contribution is 2.17. The Morgan fingerprint density at radius 3 is 2.43 bits per heavy atom. The van der Waals surface area contributed by atoms with Crippen molar-refractivity contribution in [2.75, 3.05) is 13.1 Å². The van der Waals surface area contributed by atoms with Gasteiger partial charge in [0.05, 0.1) is 5.69 Å². The Morgan fingerprint density at radius 1 is 1.43 bits per heavy atom. The van der Waals surface area contributed by atoms with Crippen molar-refractivity contribution < 1.29 is 4.79 Å². The van der Waals surface area contributed by atoms with Gasteiger partial charge in [-0.05, 0) is 19.4 Å². The zero-order valence-electron chi connectivity index (χ0n) is 13.2. The van der Waals surface area contributed by atoms with Crippen molar-refractivity contribution in [3.8, 4) is 0 Å². The van der Waals surface area contributed by atoms with Crippen LogP contribution in [0.25, 0.3) is 0 Å². The standard InChI is InChI=1S/C14H24N4O2.ClH/c1-8(6-15)7-16-11(19)10-9(2)17-13(14(3,4)5)18-12(10)20;/h8H,6-7,15H2,1-5H3,(H,16,19)(H,17,18,20);1H. The fourth-order valence-electron chi connectivity index (χ4n) is 1.65. The summed E-state index contributed by atoms with van der Waals surface area (Å²) in [6.07, 6.45) is 0. The third-order valence-electron chi connectivity index (χ3n) is 3.05. The molecule has 1 heterocycles. The second-order valence-corrected chi connectivity index (χ2v) is 6.18. The van der Waals surface area contributed by atoms with Crippen molar-refractivity contribution in [3.63, 3.8) is 0 Å². The number of amides is 1. The maximum Gasteiger partial charge on any atom is 0.264 e. The zero-order chi connectivity index (χ0) is 15.5. The van der Waals surface area contributed by atoms with Gasteiger partial charge in [-0.25, -0.2) is 4.98 Å². The zero-order valence-corrected chi connectivity index (χ0v) is 14.1. The molecular formula is C14H25ClN4O2. The lowest BCUT2D eigenvalue weighted by Crippen LogP contribution is -2.36. The molecule has 0 aromatic carbocycles. The minimum atomic E-state index is -0.406. The van der Waals surface area contributed by atoms with Crippen LogP contribution < -0.4 is 16.6 Å². The lowest BCUT2D eigenvalue weighted by Gasteiger charge is -2.18. The van der Waals surface area contributed by atoms with Crippen molar-refractivity contribution in [1.29, 1.82) is 0 Å². The number of nitrogens with one attached hydrogen (secondary N) is 2. The molecule has 0 aliphatic heterocycles. The smallest absolute Gasteiger partial charge is 0.264 e. The monoisotopic (exact) mass is 316 g/mol. The van der Waals surface area contributed by atoms with E-state index in [1.165, 1.54) is 0 Å². The Hall–Kier alpha value is -1.40. The summed E-state index contributed by atoms with van der Waals surface area (Å²) in [7, 11) is 0. The van der Waals surface area contributed by atoms with Crippen molar-refractivity contribution in [3.05, 3.63) is 27.4 Å². The molecule has 120 valence electrons. The molecule has 21 heavy (non-hydrogen) atoms. The number of hydrogen-bond donors (Lipinski definition) is 3. The van der Waals surface area contributed by atoms with Crippen LogP contribution in [0.15, 0.2) is 4.79 Å². The van der Waals surface area contributed by atoms with Crippen molar-refractivity contribution in [2.24, 2.45) is 11.7 Å². The van der Waals surface area contributed by atoms with E-state index < -0.39 is 11.5 Å². The van der Waals surface area contributed by atoms with Gasteiger partial charge in [-0.2, -0.15) is 0 Å². The Balaban J connectivity index is 0.00000400. The van der Waals surface area contributed by atoms with E-state index in [2.05, 4.69) is 15.3 Å². The summed E-state index contributed by atoms with van der Waals surface area (Å²) in [5.41, 5.74) is 5.33. The molecule has 1 aromatic rings. The minimum absolute atomic E-state index is 0. The Kier molecular flexibility index (Phi) is 7.06. The summed E-state index contributed by atoms with van der Waals surface area (Å²) < 4.78 is 0. The summed E-state index contributed by atoms with van der Waals surface area (Å²) in [5, 5.41) is 2.71. The van der Waals surface area contributed by atoms with Gasteiger partial charge in [0.1, 0.15) is 11.4 Å². The topological polar surface area (TPSA) is 101 Å². The van der Waals surface area contributed by atoms with Crippen LogP contribution in [0, 0.1) is 12.8 Å². The van der Waals surface area contributed by atoms with E-state index >= 15 is 0 Å². The molecule has 0 aliphatic rings. The molecule has 0 saturated heterocycles. The predicted octanol–water partition coefficient (Wildman–Crippen LogP) is 1.12. The number of nitrogens with zero attached hydrogens (tertiary/aromatic N) is 1. The number of nitrogens with two attached hydrogens (primary N) is 1. The fraction of sp³-hybridized carbons (Fsp3) is 0.643. The lowest BCUT2D eigenvalue weighted by atomic mass is 9.95. The first kappa shape index (κ1) is 19.6. The van der Waals surface area contributed by atoms with Crippen LogP contribution in [0.2, 0.25) is 0 Å². The first-order valence-corrected chi connectivity index (χ1v) is 6.76. The molecule has 1 atom stereocenters. The van der Waals surface area contributed by atoms with Crippen LogP contribution in [0.3, 0.4) is 0 Å². The average Bonchev–Trinajstić information content (AvgIpc) is 2.33. The number of aryl methyl sites for hydroxylation is 1. The molecule has 0 spiro atoms. The number of halogens is 1. The quantitative estimate of drug-likeness (QED) is 0.775. The number of carbonyl (C=O) groups is 1. The SMILES string of the molecule is Cc1nc(C(C)(C)C)[nH]c(=O)c1C(=O)NCC(C)CN.Cl. The summed E-state index contributed by atoms with van der Waals surface area (Å²) in [5.74, 6) is 0.337. The van der Waals surface area contributed by atoms with Crippen LogP contribution in [0.4, 0.5) is 0 Å². The normalized spacial score (nSPS) is 12.5. The van der Waals surface area contributed by atoms with Gasteiger partial charge in [-0.15, -0.1) is 12.4 Å². The van der Waals surface area contributed by atoms with Gasteiger partial charge in [0.2, 0.25) is 0 Å². The highest BCUT2D eigenvalue weighted by molar-refractivity contribution is 5.94. The lowest BCUT2D eigenvalue weighted by molar-refractivity contribution is 0.0945. The van der Waals surface area contributed by atoms with Gasteiger partial charge in [-0.3, -0.25) is 9.59 Å². The molecule has 1 rings (SSSR count). The molecule has 6 nitrogen and oxygen atoms in total. The highest BCUT2D eigenvalue weighted by atomic mass is 35.5. The van der Waals surface area contributed by atoms with E-state index in [-0.39, 0.29) is 29.3 Å². The van der Waals surface area contributed by atoms with E-state index in [0.717, 1.165) is 0 Å². The summed E-state index contributed by atoms with van der Waals surface area (Å²) in [6.45, 7) is 10.4.